The average Bonchev–Trinajstić information content (AvgIpc) is 2.66. The van der Waals surface area contributed by atoms with Crippen LogP contribution in [0.1, 0.15) is 46.5 Å². The summed E-state index contributed by atoms with van der Waals surface area (Å²) < 4.78 is 0. The smallest absolute Gasteiger partial charge is 0.240 e. The van der Waals surface area contributed by atoms with Crippen molar-refractivity contribution in [2.75, 3.05) is 0 Å². The molecule has 3 atom stereocenters. The average molecular weight is 238 g/mol. The van der Waals surface area contributed by atoms with Gasteiger partial charge in [-0.05, 0) is 32.6 Å². The van der Waals surface area contributed by atoms with E-state index in [1.54, 1.807) is 6.92 Å². The quantitative estimate of drug-likeness (QED) is 0.801. The maximum atomic E-state index is 12.4. The molecule has 4 heteroatoms. The third-order valence-electron chi connectivity index (χ3n) is 3.85. The molecule has 2 aliphatic rings. The lowest BCUT2D eigenvalue weighted by atomic mass is 9.97. The van der Waals surface area contributed by atoms with Crippen LogP contribution in [0.2, 0.25) is 0 Å². The molecule has 17 heavy (non-hydrogen) atoms. The molecule has 2 heterocycles. The van der Waals surface area contributed by atoms with Crippen LogP contribution in [-0.4, -0.2) is 40.8 Å². The van der Waals surface area contributed by atoms with Gasteiger partial charge in [-0.15, -0.1) is 0 Å². The van der Waals surface area contributed by atoms with Gasteiger partial charge in [-0.3, -0.25) is 9.59 Å². The Hall–Kier alpha value is -0.900. The molecule has 0 bridgehead atoms. The number of carbonyl (C=O) groups is 2. The molecule has 96 valence electrons. The van der Waals surface area contributed by atoms with Crippen molar-refractivity contribution >= 4 is 11.7 Å². The highest BCUT2D eigenvalue weighted by atomic mass is 16.2. The van der Waals surface area contributed by atoms with Gasteiger partial charge in [0, 0.05) is 12.1 Å². The molecule has 2 rings (SSSR count). The summed E-state index contributed by atoms with van der Waals surface area (Å²) in [6, 6.07) is 0.357. The van der Waals surface area contributed by atoms with E-state index in [-0.39, 0.29) is 23.8 Å². The topological polar surface area (TPSA) is 49.4 Å². The molecule has 2 fully saturated rings. The molecule has 0 aromatic heterocycles. The molecule has 0 aromatic rings. The van der Waals surface area contributed by atoms with Crippen molar-refractivity contribution in [3.05, 3.63) is 0 Å². The first-order valence-electron chi connectivity index (χ1n) is 6.59. The summed E-state index contributed by atoms with van der Waals surface area (Å²) >= 11 is 0. The van der Waals surface area contributed by atoms with Gasteiger partial charge in [0.15, 0.2) is 5.78 Å². The fraction of sp³-hybridized carbons (Fsp3) is 0.846. The second-order valence-electron chi connectivity index (χ2n) is 5.55. The van der Waals surface area contributed by atoms with Crippen molar-refractivity contribution in [2.24, 2.45) is 0 Å². The number of hydrogen-bond donors (Lipinski definition) is 1. The lowest BCUT2D eigenvalue weighted by Gasteiger charge is -2.38. The van der Waals surface area contributed by atoms with E-state index < -0.39 is 0 Å². The minimum Gasteiger partial charge on any atom is -0.328 e. The normalized spacial score (nSPS) is 33.1. The van der Waals surface area contributed by atoms with Gasteiger partial charge in [0.25, 0.3) is 0 Å². The van der Waals surface area contributed by atoms with E-state index >= 15 is 0 Å². The van der Waals surface area contributed by atoms with E-state index in [4.69, 9.17) is 0 Å². The van der Waals surface area contributed by atoms with Crippen LogP contribution >= 0.6 is 0 Å². The SMILES string of the molecule is CC(=O)C1CCC2CCC(NC(C)C)C(=O)N21. The maximum absolute atomic E-state index is 12.4. The molecule has 3 unspecified atom stereocenters. The fourth-order valence-corrected chi connectivity index (χ4v) is 3.12. The number of nitrogens with zero attached hydrogens (tertiary/aromatic N) is 1. The zero-order chi connectivity index (χ0) is 12.6. The number of hydrogen-bond acceptors (Lipinski definition) is 3. The summed E-state index contributed by atoms with van der Waals surface area (Å²) in [5.41, 5.74) is 0. The highest BCUT2D eigenvalue weighted by molar-refractivity contribution is 5.91. The zero-order valence-electron chi connectivity index (χ0n) is 10.9. The molecule has 4 nitrogen and oxygen atoms in total. The Balaban J connectivity index is 2.11. The first-order valence-corrected chi connectivity index (χ1v) is 6.59. The molecule has 0 aliphatic carbocycles. The second kappa shape index (κ2) is 4.77. The number of Topliss-reactive ketones (excluding diaryl/α,β-unsaturated/α-hetero) is 1. The van der Waals surface area contributed by atoms with Crippen LogP contribution in [-0.2, 0) is 9.59 Å². The molecule has 2 aliphatic heterocycles. The van der Waals surface area contributed by atoms with E-state index in [0.717, 1.165) is 25.7 Å². The van der Waals surface area contributed by atoms with Gasteiger partial charge < -0.3 is 10.2 Å². The Kier molecular flexibility index (Phi) is 3.52. The van der Waals surface area contributed by atoms with Crippen molar-refractivity contribution in [1.29, 1.82) is 0 Å². The third-order valence-corrected chi connectivity index (χ3v) is 3.85. The van der Waals surface area contributed by atoms with Gasteiger partial charge in [-0.2, -0.15) is 0 Å². The van der Waals surface area contributed by atoms with Gasteiger partial charge >= 0.3 is 0 Å². The predicted octanol–water partition coefficient (Wildman–Crippen LogP) is 1.10. The van der Waals surface area contributed by atoms with Crippen molar-refractivity contribution < 1.29 is 9.59 Å². The largest absolute Gasteiger partial charge is 0.328 e. The van der Waals surface area contributed by atoms with Crippen molar-refractivity contribution in [2.45, 2.75) is 70.6 Å². The Labute approximate surface area is 103 Å². The van der Waals surface area contributed by atoms with E-state index in [2.05, 4.69) is 5.32 Å². The molecule has 0 radical (unpaired) electrons. The van der Waals surface area contributed by atoms with E-state index in [1.807, 2.05) is 18.7 Å². The van der Waals surface area contributed by atoms with Gasteiger partial charge in [0.1, 0.15) is 0 Å². The molecule has 1 amide bonds. The number of nitrogens with one attached hydrogen (secondary N) is 1. The summed E-state index contributed by atoms with van der Waals surface area (Å²) in [4.78, 5) is 25.8. The Bertz CT molecular complexity index is 327. The number of carbonyl (C=O) groups excluding carboxylic acids is 2. The van der Waals surface area contributed by atoms with Crippen molar-refractivity contribution in [1.82, 2.24) is 10.2 Å². The van der Waals surface area contributed by atoms with Gasteiger partial charge in [0.05, 0.1) is 12.1 Å². The molecule has 1 N–H and O–H groups in total. The Morgan fingerprint density at radius 3 is 2.53 bits per heavy atom. The molecular weight excluding hydrogens is 216 g/mol. The first-order chi connectivity index (χ1) is 8.00. The molecule has 0 saturated carbocycles. The van der Waals surface area contributed by atoms with Crippen molar-refractivity contribution in [3.8, 4) is 0 Å². The van der Waals surface area contributed by atoms with E-state index in [1.165, 1.54) is 0 Å². The third kappa shape index (κ3) is 2.37. The van der Waals surface area contributed by atoms with Gasteiger partial charge in [0.2, 0.25) is 5.91 Å². The highest BCUT2D eigenvalue weighted by Gasteiger charge is 2.44. The highest BCUT2D eigenvalue weighted by Crippen LogP contribution is 2.32. The lowest BCUT2D eigenvalue weighted by molar-refractivity contribution is -0.143. The standard InChI is InChI=1S/C13H22N2O2/c1-8(2)14-11-6-4-10-5-7-12(9(3)16)15(10)13(11)17/h8,10-12,14H,4-7H2,1-3H3. The van der Waals surface area contributed by atoms with Crippen LogP contribution in [0.5, 0.6) is 0 Å². The van der Waals surface area contributed by atoms with Gasteiger partial charge in [-0.25, -0.2) is 0 Å². The number of ketones is 1. The second-order valence-corrected chi connectivity index (χ2v) is 5.55. The minimum atomic E-state index is -0.163. The van der Waals surface area contributed by atoms with Crippen LogP contribution in [0.15, 0.2) is 0 Å². The van der Waals surface area contributed by atoms with E-state index in [0.29, 0.717) is 12.1 Å². The number of piperidine rings is 1. The van der Waals surface area contributed by atoms with Gasteiger partial charge in [-0.1, -0.05) is 13.8 Å². The zero-order valence-corrected chi connectivity index (χ0v) is 10.9. The van der Waals surface area contributed by atoms with Crippen molar-refractivity contribution in [3.63, 3.8) is 0 Å². The predicted molar refractivity (Wildman–Crippen MR) is 65.6 cm³/mol. The first kappa shape index (κ1) is 12.6. The summed E-state index contributed by atoms with van der Waals surface area (Å²) in [5, 5.41) is 3.30. The van der Waals surface area contributed by atoms with Crippen LogP contribution < -0.4 is 5.32 Å². The van der Waals surface area contributed by atoms with Crippen LogP contribution in [0.4, 0.5) is 0 Å². The summed E-state index contributed by atoms with van der Waals surface area (Å²) in [7, 11) is 0. The summed E-state index contributed by atoms with van der Waals surface area (Å²) in [6.45, 7) is 5.69. The van der Waals surface area contributed by atoms with E-state index in [9.17, 15) is 9.59 Å². The lowest BCUT2D eigenvalue weighted by Crippen LogP contribution is -2.57. The molecule has 0 spiro atoms. The molecule has 0 aromatic carbocycles. The maximum Gasteiger partial charge on any atom is 0.240 e. The fourth-order valence-electron chi connectivity index (χ4n) is 3.12. The number of amides is 1. The van der Waals surface area contributed by atoms with Crippen LogP contribution in [0.3, 0.4) is 0 Å². The molecular formula is C13H22N2O2. The Morgan fingerprint density at radius 2 is 1.94 bits per heavy atom. The number of fused-ring (bicyclic) bond motifs is 1. The summed E-state index contributed by atoms with van der Waals surface area (Å²) in [6.07, 6.45) is 3.77. The van der Waals surface area contributed by atoms with Crippen LogP contribution in [0, 0.1) is 0 Å². The number of rotatable bonds is 3. The molecule has 2 saturated heterocycles. The summed E-state index contributed by atoms with van der Waals surface area (Å²) in [5.74, 6) is 0.263. The Morgan fingerprint density at radius 1 is 1.29 bits per heavy atom. The monoisotopic (exact) mass is 238 g/mol. The van der Waals surface area contributed by atoms with Crippen LogP contribution in [0.25, 0.3) is 0 Å². The minimum absolute atomic E-state index is 0.0915.